The predicted octanol–water partition coefficient (Wildman–Crippen LogP) is 3.32. The maximum absolute atomic E-state index is 13.4. The molecule has 1 N–H and O–H groups in total. The van der Waals surface area contributed by atoms with Crippen LogP contribution in [0.5, 0.6) is 5.75 Å². The van der Waals surface area contributed by atoms with Crippen molar-refractivity contribution in [1.82, 2.24) is 9.58 Å². The summed E-state index contributed by atoms with van der Waals surface area (Å²) in [4.78, 5) is 26.2. The quantitative estimate of drug-likeness (QED) is 0.808. The highest BCUT2D eigenvalue weighted by Gasteiger charge is 2.49. The van der Waals surface area contributed by atoms with Gasteiger partial charge in [-0.3, -0.25) is 19.3 Å². The molecule has 2 aliphatic rings. The zero-order valence-corrected chi connectivity index (χ0v) is 16.6. The molecule has 1 amide bonds. The molecule has 2 aromatic rings. The maximum atomic E-state index is 13.4. The molecule has 3 atom stereocenters. The number of carbonyl (C=O) groups excluding carboxylic acids is 1. The van der Waals surface area contributed by atoms with Crippen LogP contribution in [0.3, 0.4) is 0 Å². The Kier molecular flexibility index (Phi) is 4.79. The van der Waals surface area contributed by atoms with Gasteiger partial charge in [0, 0.05) is 25.7 Å². The summed E-state index contributed by atoms with van der Waals surface area (Å²) >= 11 is 0. The van der Waals surface area contributed by atoms with Gasteiger partial charge in [-0.1, -0.05) is 24.3 Å². The van der Waals surface area contributed by atoms with Gasteiger partial charge in [-0.15, -0.1) is 0 Å². The van der Waals surface area contributed by atoms with E-state index in [9.17, 15) is 27.9 Å². The SMILES string of the molecule is Cc1ccccc1C1C(CC(F)(F)F)CCC2N(C)C(=O)c3c(O)c(=O)ccn3N12. The third-order valence-electron chi connectivity index (χ3n) is 6.11. The Hall–Kier alpha value is -2.97. The van der Waals surface area contributed by atoms with Crippen LogP contribution in [0.25, 0.3) is 0 Å². The van der Waals surface area contributed by atoms with Crippen LogP contribution in [0.15, 0.2) is 41.3 Å². The summed E-state index contributed by atoms with van der Waals surface area (Å²) in [5.74, 6) is -1.99. The van der Waals surface area contributed by atoms with Crippen molar-refractivity contribution in [3.8, 4) is 5.75 Å². The normalized spacial score (nSPS) is 23.9. The number of nitrogens with zero attached hydrogens (tertiary/aromatic N) is 3. The van der Waals surface area contributed by atoms with Crippen LogP contribution in [0, 0.1) is 12.8 Å². The number of aryl methyl sites for hydroxylation is 1. The highest BCUT2D eigenvalue weighted by atomic mass is 19.4. The summed E-state index contributed by atoms with van der Waals surface area (Å²) in [5, 5.41) is 12.0. The predicted molar refractivity (Wildman–Crippen MR) is 104 cm³/mol. The van der Waals surface area contributed by atoms with Crippen LogP contribution in [-0.2, 0) is 0 Å². The molecule has 0 saturated carbocycles. The van der Waals surface area contributed by atoms with E-state index in [0.717, 1.165) is 17.2 Å². The Labute approximate surface area is 171 Å². The molecule has 3 unspecified atom stereocenters. The van der Waals surface area contributed by atoms with Gasteiger partial charge in [-0.05, 0) is 36.8 Å². The van der Waals surface area contributed by atoms with Gasteiger partial charge >= 0.3 is 6.18 Å². The average Bonchev–Trinajstić information content (AvgIpc) is 2.67. The zero-order valence-electron chi connectivity index (χ0n) is 16.6. The van der Waals surface area contributed by atoms with Gasteiger partial charge in [-0.2, -0.15) is 13.2 Å². The molecule has 1 aromatic heterocycles. The second kappa shape index (κ2) is 7.07. The lowest BCUT2D eigenvalue weighted by Crippen LogP contribution is -2.64. The number of alkyl halides is 3. The van der Waals surface area contributed by atoms with Crippen molar-refractivity contribution in [2.24, 2.45) is 5.92 Å². The number of piperidine rings is 1. The Morgan fingerprint density at radius 1 is 1.13 bits per heavy atom. The van der Waals surface area contributed by atoms with Crippen LogP contribution in [0.4, 0.5) is 13.2 Å². The number of carbonyl (C=O) groups is 1. The molecule has 1 aromatic carbocycles. The van der Waals surface area contributed by atoms with Gasteiger partial charge < -0.3 is 10.0 Å². The van der Waals surface area contributed by atoms with Crippen LogP contribution in [0.1, 0.15) is 46.9 Å². The van der Waals surface area contributed by atoms with E-state index in [0.29, 0.717) is 12.8 Å². The highest BCUT2D eigenvalue weighted by molar-refractivity contribution is 5.96. The number of aromatic nitrogens is 1. The van der Waals surface area contributed by atoms with Gasteiger partial charge in [0.15, 0.2) is 11.4 Å². The number of fused-ring (bicyclic) bond motifs is 3. The van der Waals surface area contributed by atoms with Crippen molar-refractivity contribution < 1.29 is 23.1 Å². The highest BCUT2D eigenvalue weighted by Crippen LogP contribution is 2.46. The zero-order chi connectivity index (χ0) is 21.8. The van der Waals surface area contributed by atoms with Crippen molar-refractivity contribution in [2.45, 2.75) is 44.6 Å². The number of rotatable bonds is 2. The van der Waals surface area contributed by atoms with Crippen molar-refractivity contribution >= 4 is 5.91 Å². The maximum Gasteiger partial charge on any atom is 0.389 e. The smallest absolute Gasteiger partial charge is 0.389 e. The second-order valence-corrected chi connectivity index (χ2v) is 7.96. The first kappa shape index (κ1) is 20.3. The molecule has 30 heavy (non-hydrogen) atoms. The summed E-state index contributed by atoms with van der Waals surface area (Å²) in [5.41, 5.74) is 0.621. The Morgan fingerprint density at radius 3 is 2.50 bits per heavy atom. The number of halogens is 3. The molecule has 4 rings (SSSR count). The van der Waals surface area contributed by atoms with E-state index in [1.54, 1.807) is 24.2 Å². The molecule has 3 heterocycles. The fourth-order valence-electron chi connectivity index (χ4n) is 4.74. The summed E-state index contributed by atoms with van der Waals surface area (Å²) in [6.45, 7) is 1.84. The molecule has 160 valence electrons. The monoisotopic (exact) mass is 421 g/mol. The van der Waals surface area contributed by atoms with Gasteiger partial charge in [0.1, 0.15) is 6.17 Å². The minimum absolute atomic E-state index is 0.229. The summed E-state index contributed by atoms with van der Waals surface area (Å²) in [7, 11) is 1.54. The van der Waals surface area contributed by atoms with Crippen LogP contribution in [-0.4, -0.2) is 40.0 Å². The van der Waals surface area contributed by atoms with Crippen LogP contribution < -0.4 is 10.4 Å². The van der Waals surface area contributed by atoms with E-state index in [4.69, 9.17) is 0 Å². The molecular formula is C21H22F3N3O3. The van der Waals surface area contributed by atoms with E-state index in [-0.39, 0.29) is 5.69 Å². The Morgan fingerprint density at radius 2 is 1.83 bits per heavy atom. The number of benzene rings is 1. The van der Waals surface area contributed by atoms with Crippen LogP contribution in [0.2, 0.25) is 0 Å². The molecule has 0 bridgehead atoms. The molecule has 0 radical (unpaired) electrons. The number of hydrogen-bond donors (Lipinski definition) is 1. The number of hydrogen-bond acceptors (Lipinski definition) is 4. The van der Waals surface area contributed by atoms with E-state index >= 15 is 0 Å². The van der Waals surface area contributed by atoms with Gasteiger partial charge in [-0.25, -0.2) is 0 Å². The van der Waals surface area contributed by atoms with Gasteiger partial charge in [0.2, 0.25) is 5.43 Å². The molecule has 1 saturated heterocycles. The number of amides is 1. The minimum atomic E-state index is -4.34. The topological polar surface area (TPSA) is 65.8 Å². The first-order valence-electron chi connectivity index (χ1n) is 9.73. The fraction of sp³-hybridized carbons (Fsp3) is 0.429. The largest absolute Gasteiger partial charge is 0.502 e. The number of pyridine rings is 1. The average molecular weight is 421 g/mol. The van der Waals surface area contributed by atoms with E-state index < -0.39 is 47.8 Å². The molecule has 0 spiro atoms. The summed E-state index contributed by atoms with van der Waals surface area (Å²) in [6.07, 6.45) is -3.81. The molecule has 0 aliphatic carbocycles. The first-order valence-corrected chi connectivity index (χ1v) is 9.73. The molecule has 2 aliphatic heterocycles. The van der Waals surface area contributed by atoms with E-state index in [2.05, 4.69) is 0 Å². The minimum Gasteiger partial charge on any atom is -0.502 e. The van der Waals surface area contributed by atoms with Gasteiger partial charge in [0.25, 0.3) is 5.91 Å². The third-order valence-corrected chi connectivity index (χ3v) is 6.11. The van der Waals surface area contributed by atoms with Gasteiger partial charge in [0.05, 0.1) is 6.04 Å². The molecule has 9 heteroatoms. The molecular weight excluding hydrogens is 399 g/mol. The van der Waals surface area contributed by atoms with Crippen molar-refractivity contribution in [2.75, 3.05) is 12.1 Å². The Bertz CT molecular complexity index is 1050. The third kappa shape index (κ3) is 3.22. The summed E-state index contributed by atoms with van der Waals surface area (Å²) < 4.78 is 41.7. The fourth-order valence-corrected chi connectivity index (χ4v) is 4.74. The number of aromatic hydroxyl groups is 1. The van der Waals surface area contributed by atoms with Crippen molar-refractivity contribution in [3.05, 3.63) is 63.6 Å². The summed E-state index contributed by atoms with van der Waals surface area (Å²) in [6, 6.07) is 7.66. The molecule has 6 nitrogen and oxygen atoms in total. The lowest BCUT2D eigenvalue weighted by molar-refractivity contribution is -0.149. The van der Waals surface area contributed by atoms with E-state index in [1.807, 2.05) is 19.1 Å². The lowest BCUT2D eigenvalue weighted by Gasteiger charge is -2.54. The standard InChI is InChI=1S/C21H22F3N3O3/c1-12-5-3-4-6-14(12)17-13(11-21(22,23)24)7-8-16-25(2)20(30)18-19(29)15(28)9-10-26(18)27(16)17/h3-6,9-10,13,16-17,29H,7-8,11H2,1-2H3. The van der Waals surface area contributed by atoms with E-state index in [1.165, 1.54) is 15.8 Å². The van der Waals surface area contributed by atoms with Crippen molar-refractivity contribution in [1.29, 1.82) is 0 Å². The second-order valence-electron chi connectivity index (χ2n) is 7.96. The van der Waals surface area contributed by atoms with Crippen molar-refractivity contribution in [3.63, 3.8) is 0 Å². The molecule has 1 fully saturated rings. The first-order chi connectivity index (χ1) is 14.1. The van der Waals surface area contributed by atoms with Crippen LogP contribution >= 0.6 is 0 Å². The Balaban J connectivity index is 1.94. The lowest BCUT2D eigenvalue weighted by atomic mass is 9.80.